The lowest BCUT2D eigenvalue weighted by molar-refractivity contribution is -0.131. The second-order valence-corrected chi connectivity index (χ2v) is 7.75. The van der Waals surface area contributed by atoms with E-state index in [0.29, 0.717) is 24.6 Å². The second-order valence-electron chi connectivity index (χ2n) is 7.75. The molecule has 1 fully saturated rings. The number of benzene rings is 1. The maximum atomic E-state index is 13.5. The minimum atomic E-state index is -0.284. The SMILES string of the molecule is Cc1cc(Nc2cccc(F)c2)cc(C2CCN(C(=O)Cn3nc(C)nc3C)C2)n1. The normalized spacial score (nSPS) is 16.1. The lowest BCUT2D eigenvalue weighted by Crippen LogP contribution is -2.32. The molecule has 1 aliphatic rings. The summed E-state index contributed by atoms with van der Waals surface area (Å²) in [5, 5.41) is 7.52. The minimum absolute atomic E-state index is 0.0382. The molecule has 0 radical (unpaired) electrons. The van der Waals surface area contributed by atoms with Crippen molar-refractivity contribution in [3.63, 3.8) is 0 Å². The number of nitrogens with zero attached hydrogens (tertiary/aromatic N) is 5. The zero-order valence-electron chi connectivity index (χ0n) is 17.4. The van der Waals surface area contributed by atoms with Gasteiger partial charge in [0.2, 0.25) is 5.91 Å². The van der Waals surface area contributed by atoms with Gasteiger partial charge in [0.25, 0.3) is 0 Å². The number of nitrogens with one attached hydrogen (secondary N) is 1. The predicted octanol–water partition coefficient (Wildman–Crippen LogP) is 3.50. The molecule has 0 spiro atoms. The first kappa shape index (κ1) is 20.0. The lowest BCUT2D eigenvalue weighted by atomic mass is 10.0. The van der Waals surface area contributed by atoms with Crippen LogP contribution in [0.1, 0.15) is 35.4 Å². The maximum absolute atomic E-state index is 13.5. The Morgan fingerprint density at radius 2 is 2.00 bits per heavy atom. The summed E-state index contributed by atoms with van der Waals surface area (Å²) < 4.78 is 15.1. The van der Waals surface area contributed by atoms with Crippen molar-refractivity contribution in [3.05, 3.63) is 65.3 Å². The van der Waals surface area contributed by atoms with Gasteiger partial charge in [-0.3, -0.25) is 9.78 Å². The highest BCUT2D eigenvalue weighted by Crippen LogP contribution is 2.29. The van der Waals surface area contributed by atoms with Gasteiger partial charge in [0.15, 0.2) is 0 Å². The van der Waals surface area contributed by atoms with Gasteiger partial charge < -0.3 is 10.2 Å². The Labute approximate surface area is 175 Å². The molecule has 1 atom stereocenters. The summed E-state index contributed by atoms with van der Waals surface area (Å²) in [6.45, 7) is 7.13. The summed E-state index contributed by atoms with van der Waals surface area (Å²) in [5.41, 5.74) is 3.37. The van der Waals surface area contributed by atoms with Gasteiger partial charge in [0.05, 0.1) is 0 Å². The summed E-state index contributed by atoms with van der Waals surface area (Å²) in [4.78, 5) is 23.5. The fraction of sp³-hybridized carbons (Fsp3) is 0.364. The third-order valence-corrected chi connectivity index (χ3v) is 5.29. The average molecular weight is 408 g/mol. The molecule has 7 nitrogen and oxygen atoms in total. The first-order chi connectivity index (χ1) is 14.4. The number of hydrogen-bond donors (Lipinski definition) is 1. The summed E-state index contributed by atoms with van der Waals surface area (Å²) in [7, 11) is 0. The molecule has 1 aromatic carbocycles. The summed E-state index contributed by atoms with van der Waals surface area (Å²) in [5.74, 6) is 1.33. The molecular weight excluding hydrogens is 383 g/mol. The minimum Gasteiger partial charge on any atom is -0.355 e. The van der Waals surface area contributed by atoms with Crippen LogP contribution in [0.3, 0.4) is 0 Å². The van der Waals surface area contributed by atoms with Gasteiger partial charge in [-0.05, 0) is 57.5 Å². The number of halogens is 1. The molecule has 1 aliphatic heterocycles. The molecule has 3 aromatic rings. The standard InChI is InChI=1S/C22H25FN6O/c1-14-9-20(26-19-6-4-5-18(23)10-19)11-21(24-14)17-7-8-28(12-17)22(30)13-29-16(3)25-15(2)27-29/h4-6,9-11,17H,7-8,12-13H2,1-3H3,(H,24,26). The third kappa shape index (κ3) is 4.48. The van der Waals surface area contributed by atoms with E-state index in [-0.39, 0.29) is 24.2 Å². The van der Waals surface area contributed by atoms with Crippen molar-refractivity contribution < 1.29 is 9.18 Å². The Balaban J connectivity index is 1.45. The quantitative estimate of drug-likeness (QED) is 0.699. The predicted molar refractivity (Wildman–Crippen MR) is 112 cm³/mol. The van der Waals surface area contributed by atoms with E-state index >= 15 is 0 Å². The maximum Gasteiger partial charge on any atom is 0.244 e. The molecule has 156 valence electrons. The Bertz CT molecular complexity index is 1080. The molecule has 8 heteroatoms. The number of aryl methyl sites for hydroxylation is 3. The van der Waals surface area contributed by atoms with Crippen LogP contribution in [-0.4, -0.2) is 43.6 Å². The van der Waals surface area contributed by atoms with Gasteiger partial charge in [-0.15, -0.1) is 0 Å². The van der Waals surface area contributed by atoms with Crippen LogP contribution in [0.2, 0.25) is 0 Å². The number of carbonyl (C=O) groups is 1. The van der Waals surface area contributed by atoms with Crippen LogP contribution in [-0.2, 0) is 11.3 Å². The van der Waals surface area contributed by atoms with Crippen molar-refractivity contribution in [2.45, 2.75) is 39.7 Å². The Morgan fingerprint density at radius 3 is 2.73 bits per heavy atom. The topological polar surface area (TPSA) is 75.9 Å². The zero-order chi connectivity index (χ0) is 21.3. The van der Waals surface area contributed by atoms with Crippen molar-refractivity contribution in [1.29, 1.82) is 0 Å². The molecular formula is C22H25FN6O. The number of pyridine rings is 1. The van der Waals surface area contributed by atoms with Crippen molar-refractivity contribution >= 4 is 17.3 Å². The Kier molecular flexibility index (Phi) is 5.48. The Hall–Kier alpha value is -3.29. The first-order valence-corrected chi connectivity index (χ1v) is 10.0. The van der Waals surface area contributed by atoms with Crippen LogP contribution >= 0.6 is 0 Å². The number of likely N-dealkylation sites (tertiary alicyclic amines) is 1. The van der Waals surface area contributed by atoms with Gasteiger partial charge in [-0.2, -0.15) is 5.10 Å². The number of amides is 1. The van der Waals surface area contributed by atoms with Crippen LogP contribution in [0.15, 0.2) is 36.4 Å². The second kappa shape index (κ2) is 8.22. The van der Waals surface area contributed by atoms with Crippen LogP contribution in [0.4, 0.5) is 15.8 Å². The van der Waals surface area contributed by atoms with E-state index in [2.05, 4.69) is 15.4 Å². The van der Waals surface area contributed by atoms with E-state index in [9.17, 15) is 9.18 Å². The number of hydrogen-bond acceptors (Lipinski definition) is 5. The lowest BCUT2D eigenvalue weighted by Gasteiger charge is -2.17. The van der Waals surface area contributed by atoms with Crippen LogP contribution in [0, 0.1) is 26.6 Å². The third-order valence-electron chi connectivity index (χ3n) is 5.29. The van der Waals surface area contributed by atoms with Crippen molar-refractivity contribution in [2.75, 3.05) is 18.4 Å². The molecule has 0 bridgehead atoms. The number of rotatable bonds is 5. The van der Waals surface area contributed by atoms with E-state index in [0.717, 1.165) is 29.3 Å². The summed E-state index contributed by atoms with van der Waals surface area (Å²) >= 11 is 0. The van der Waals surface area contributed by atoms with E-state index < -0.39 is 0 Å². The van der Waals surface area contributed by atoms with Crippen LogP contribution < -0.4 is 5.32 Å². The van der Waals surface area contributed by atoms with Crippen molar-refractivity contribution in [3.8, 4) is 0 Å². The number of aromatic nitrogens is 4. The van der Waals surface area contributed by atoms with Gasteiger partial charge >= 0.3 is 0 Å². The molecule has 1 unspecified atom stereocenters. The van der Waals surface area contributed by atoms with E-state index in [1.165, 1.54) is 12.1 Å². The average Bonchev–Trinajstić information content (AvgIpc) is 3.28. The molecule has 0 aliphatic carbocycles. The highest BCUT2D eigenvalue weighted by molar-refractivity contribution is 5.76. The molecule has 0 saturated carbocycles. The fourth-order valence-electron chi connectivity index (χ4n) is 3.88. The van der Waals surface area contributed by atoms with Crippen molar-refractivity contribution in [1.82, 2.24) is 24.6 Å². The molecule has 2 aromatic heterocycles. The molecule has 30 heavy (non-hydrogen) atoms. The smallest absolute Gasteiger partial charge is 0.244 e. The van der Waals surface area contributed by atoms with Crippen LogP contribution in [0.5, 0.6) is 0 Å². The largest absolute Gasteiger partial charge is 0.355 e. The van der Waals surface area contributed by atoms with E-state index in [1.807, 2.05) is 43.9 Å². The molecule has 1 N–H and O–H groups in total. The molecule has 1 saturated heterocycles. The van der Waals surface area contributed by atoms with Gasteiger partial charge in [-0.1, -0.05) is 6.07 Å². The van der Waals surface area contributed by atoms with Gasteiger partial charge in [-0.25, -0.2) is 14.1 Å². The zero-order valence-corrected chi connectivity index (χ0v) is 17.4. The molecule has 3 heterocycles. The monoisotopic (exact) mass is 408 g/mol. The Morgan fingerprint density at radius 1 is 1.17 bits per heavy atom. The van der Waals surface area contributed by atoms with Crippen molar-refractivity contribution in [2.24, 2.45) is 0 Å². The van der Waals surface area contributed by atoms with Crippen LogP contribution in [0.25, 0.3) is 0 Å². The summed E-state index contributed by atoms with van der Waals surface area (Å²) in [6.07, 6.45) is 0.858. The molecule has 1 amide bonds. The summed E-state index contributed by atoms with van der Waals surface area (Å²) in [6, 6.07) is 10.3. The van der Waals surface area contributed by atoms with E-state index in [1.54, 1.807) is 10.7 Å². The highest BCUT2D eigenvalue weighted by Gasteiger charge is 2.29. The van der Waals surface area contributed by atoms with E-state index in [4.69, 9.17) is 4.98 Å². The first-order valence-electron chi connectivity index (χ1n) is 10.0. The highest BCUT2D eigenvalue weighted by atomic mass is 19.1. The number of carbonyl (C=O) groups excluding carboxylic acids is 1. The van der Waals surface area contributed by atoms with Gasteiger partial charge in [0.1, 0.15) is 24.0 Å². The fourth-order valence-corrected chi connectivity index (χ4v) is 3.88. The molecule has 4 rings (SSSR count). The number of anilines is 2. The van der Waals surface area contributed by atoms with Gasteiger partial charge in [0, 0.05) is 41.8 Å².